The average molecular weight is 277 g/mol. The van der Waals surface area contributed by atoms with Gasteiger partial charge in [-0.15, -0.1) is 0 Å². The Morgan fingerprint density at radius 1 is 1.20 bits per heavy atom. The molecule has 0 radical (unpaired) electrons. The van der Waals surface area contributed by atoms with Gasteiger partial charge >= 0.3 is 5.97 Å². The van der Waals surface area contributed by atoms with Crippen molar-refractivity contribution >= 4 is 5.97 Å². The van der Waals surface area contributed by atoms with Crippen molar-refractivity contribution in [2.45, 2.75) is 52.6 Å². The van der Waals surface area contributed by atoms with E-state index in [1.807, 2.05) is 13.0 Å². The molecule has 0 aliphatic rings. The second-order valence-corrected chi connectivity index (χ2v) is 5.99. The van der Waals surface area contributed by atoms with Gasteiger partial charge in [-0.05, 0) is 46.2 Å². The number of rotatable bonds is 7. The van der Waals surface area contributed by atoms with Gasteiger partial charge in [-0.1, -0.05) is 30.3 Å². The van der Waals surface area contributed by atoms with Crippen molar-refractivity contribution < 1.29 is 9.53 Å². The molecule has 0 saturated carbocycles. The fourth-order valence-corrected chi connectivity index (χ4v) is 2.10. The van der Waals surface area contributed by atoms with Gasteiger partial charge in [-0.25, -0.2) is 0 Å². The van der Waals surface area contributed by atoms with E-state index >= 15 is 0 Å². The van der Waals surface area contributed by atoms with Gasteiger partial charge in [0.25, 0.3) is 0 Å². The maximum Gasteiger partial charge on any atom is 0.305 e. The van der Waals surface area contributed by atoms with Crippen LogP contribution in [-0.2, 0) is 16.1 Å². The van der Waals surface area contributed by atoms with Crippen molar-refractivity contribution in [3.63, 3.8) is 0 Å². The van der Waals surface area contributed by atoms with Gasteiger partial charge in [0.2, 0.25) is 0 Å². The Labute approximate surface area is 122 Å². The molecule has 0 saturated heterocycles. The third-order valence-electron chi connectivity index (χ3n) is 3.28. The zero-order valence-electron chi connectivity index (χ0n) is 13.2. The van der Waals surface area contributed by atoms with Crippen LogP contribution < -0.4 is 0 Å². The van der Waals surface area contributed by atoms with Gasteiger partial charge in [-0.3, -0.25) is 9.69 Å². The molecule has 3 heteroatoms. The van der Waals surface area contributed by atoms with Gasteiger partial charge in [0.05, 0.1) is 6.61 Å². The molecule has 1 rings (SSSR count). The molecule has 0 unspecified atom stereocenters. The van der Waals surface area contributed by atoms with Crippen molar-refractivity contribution in [2.75, 3.05) is 13.2 Å². The standard InChI is InChI=1S/C17H27NO2/c1-5-20-16(19)12-9-13-18(17(2,3)4)14-15-10-7-6-8-11-15/h6-8,10-11H,5,9,12-14H2,1-4H3. The molecule has 112 valence electrons. The minimum atomic E-state index is -0.0962. The van der Waals surface area contributed by atoms with E-state index in [4.69, 9.17) is 4.74 Å². The number of esters is 1. The summed E-state index contributed by atoms with van der Waals surface area (Å²) >= 11 is 0. The molecule has 0 heterocycles. The Kier molecular flexibility index (Phi) is 6.73. The van der Waals surface area contributed by atoms with Crippen molar-refractivity contribution in [1.82, 2.24) is 4.90 Å². The quantitative estimate of drug-likeness (QED) is 0.713. The van der Waals surface area contributed by atoms with E-state index in [0.717, 1.165) is 19.5 Å². The summed E-state index contributed by atoms with van der Waals surface area (Å²) in [5.74, 6) is -0.0962. The minimum Gasteiger partial charge on any atom is -0.466 e. The van der Waals surface area contributed by atoms with Gasteiger partial charge in [0, 0.05) is 18.5 Å². The molecule has 0 aliphatic heterocycles. The molecular formula is C17H27NO2. The van der Waals surface area contributed by atoms with Crippen LogP contribution in [0.5, 0.6) is 0 Å². The lowest BCUT2D eigenvalue weighted by Gasteiger charge is -2.35. The molecule has 0 bridgehead atoms. The molecule has 0 amide bonds. The van der Waals surface area contributed by atoms with Crippen LogP contribution in [0.3, 0.4) is 0 Å². The highest BCUT2D eigenvalue weighted by atomic mass is 16.5. The Morgan fingerprint density at radius 3 is 2.40 bits per heavy atom. The number of carbonyl (C=O) groups is 1. The van der Waals surface area contributed by atoms with E-state index in [0.29, 0.717) is 13.0 Å². The molecule has 1 aromatic carbocycles. The molecule has 0 spiro atoms. The Bertz CT molecular complexity index is 395. The summed E-state index contributed by atoms with van der Waals surface area (Å²) in [6, 6.07) is 10.4. The van der Waals surface area contributed by atoms with E-state index in [9.17, 15) is 4.79 Å². The highest BCUT2D eigenvalue weighted by Crippen LogP contribution is 2.18. The van der Waals surface area contributed by atoms with E-state index < -0.39 is 0 Å². The molecule has 20 heavy (non-hydrogen) atoms. The number of nitrogens with zero attached hydrogens (tertiary/aromatic N) is 1. The van der Waals surface area contributed by atoms with Crippen molar-refractivity contribution in [3.8, 4) is 0 Å². The van der Waals surface area contributed by atoms with Crippen LogP contribution in [0.15, 0.2) is 30.3 Å². The lowest BCUT2D eigenvalue weighted by molar-refractivity contribution is -0.143. The summed E-state index contributed by atoms with van der Waals surface area (Å²) in [6.45, 7) is 10.7. The summed E-state index contributed by atoms with van der Waals surface area (Å²) in [5.41, 5.74) is 1.39. The van der Waals surface area contributed by atoms with Gasteiger partial charge in [-0.2, -0.15) is 0 Å². The van der Waals surface area contributed by atoms with Gasteiger partial charge < -0.3 is 4.74 Å². The molecule has 0 N–H and O–H groups in total. The fourth-order valence-electron chi connectivity index (χ4n) is 2.10. The molecule has 0 aromatic heterocycles. The first-order valence-corrected chi connectivity index (χ1v) is 7.38. The third-order valence-corrected chi connectivity index (χ3v) is 3.28. The van der Waals surface area contributed by atoms with Crippen LogP contribution in [0.2, 0.25) is 0 Å². The monoisotopic (exact) mass is 277 g/mol. The van der Waals surface area contributed by atoms with Crippen molar-refractivity contribution in [3.05, 3.63) is 35.9 Å². The fraction of sp³-hybridized carbons (Fsp3) is 0.588. The smallest absolute Gasteiger partial charge is 0.305 e. The molecule has 0 fully saturated rings. The van der Waals surface area contributed by atoms with Crippen molar-refractivity contribution in [2.24, 2.45) is 0 Å². The molecular weight excluding hydrogens is 250 g/mol. The highest BCUT2D eigenvalue weighted by molar-refractivity contribution is 5.69. The van der Waals surface area contributed by atoms with E-state index in [-0.39, 0.29) is 11.5 Å². The zero-order chi connectivity index (χ0) is 15.0. The van der Waals surface area contributed by atoms with Crippen LogP contribution in [-0.4, -0.2) is 29.6 Å². The number of ether oxygens (including phenoxy) is 1. The van der Waals surface area contributed by atoms with Crippen LogP contribution in [0.4, 0.5) is 0 Å². The van der Waals surface area contributed by atoms with Gasteiger partial charge in [0.1, 0.15) is 0 Å². The topological polar surface area (TPSA) is 29.5 Å². The Morgan fingerprint density at radius 2 is 1.85 bits per heavy atom. The summed E-state index contributed by atoms with van der Waals surface area (Å²) in [6.07, 6.45) is 1.33. The normalized spacial score (nSPS) is 11.7. The van der Waals surface area contributed by atoms with Crippen LogP contribution >= 0.6 is 0 Å². The number of hydrogen-bond donors (Lipinski definition) is 0. The second kappa shape index (κ2) is 8.05. The highest BCUT2D eigenvalue weighted by Gasteiger charge is 2.21. The summed E-state index contributed by atoms with van der Waals surface area (Å²) in [4.78, 5) is 13.8. The third kappa shape index (κ3) is 6.20. The summed E-state index contributed by atoms with van der Waals surface area (Å²) in [5, 5.41) is 0. The second-order valence-electron chi connectivity index (χ2n) is 5.99. The lowest BCUT2D eigenvalue weighted by atomic mass is 10.0. The van der Waals surface area contributed by atoms with E-state index in [2.05, 4.69) is 49.9 Å². The predicted molar refractivity (Wildman–Crippen MR) is 82.5 cm³/mol. The average Bonchev–Trinajstić information content (AvgIpc) is 2.38. The maximum absolute atomic E-state index is 11.4. The lowest BCUT2D eigenvalue weighted by Crippen LogP contribution is -2.41. The van der Waals surface area contributed by atoms with E-state index in [1.165, 1.54) is 5.56 Å². The number of hydrogen-bond acceptors (Lipinski definition) is 3. The summed E-state index contributed by atoms with van der Waals surface area (Å²) < 4.78 is 4.97. The predicted octanol–water partition coefficient (Wildman–Crippen LogP) is 3.63. The SMILES string of the molecule is CCOC(=O)CCCN(Cc1ccccc1)C(C)(C)C. The Hall–Kier alpha value is -1.35. The summed E-state index contributed by atoms with van der Waals surface area (Å²) in [7, 11) is 0. The molecule has 0 atom stereocenters. The van der Waals surface area contributed by atoms with Crippen molar-refractivity contribution in [1.29, 1.82) is 0 Å². The van der Waals surface area contributed by atoms with Gasteiger partial charge in [0.15, 0.2) is 0 Å². The zero-order valence-corrected chi connectivity index (χ0v) is 13.2. The molecule has 1 aromatic rings. The first-order chi connectivity index (χ1) is 9.43. The Balaban J connectivity index is 2.51. The van der Waals surface area contributed by atoms with Crippen LogP contribution in [0.25, 0.3) is 0 Å². The molecule has 0 aliphatic carbocycles. The first-order valence-electron chi connectivity index (χ1n) is 7.38. The largest absolute Gasteiger partial charge is 0.466 e. The molecule has 3 nitrogen and oxygen atoms in total. The van der Waals surface area contributed by atoms with Crippen LogP contribution in [0.1, 0.15) is 46.1 Å². The number of carbonyl (C=O) groups excluding carboxylic acids is 1. The minimum absolute atomic E-state index is 0.0878. The van der Waals surface area contributed by atoms with Crippen LogP contribution in [0, 0.1) is 0 Å². The number of benzene rings is 1. The first kappa shape index (κ1) is 16.7. The maximum atomic E-state index is 11.4. The van der Waals surface area contributed by atoms with E-state index in [1.54, 1.807) is 0 Å².